The fourth-order valence-electron chi connectivity index (χ4n) is 2.76. The molecule has 0 spiro atoms. The molecule has 0 aliphatic heterocycles. The summed E-state index contributed by atoms with van der Waals surface area (Å²) >= 11 is 0. The van der Waals surface area contributed by atoms with E-state index in [1.807, 2.05) is 50.2 Å². The van der Waals surface area contributed by atoms with Crippen LogP contribution in [0.3, 0.4) is 0 Å². The van der Waals surface area contributed by atoms with Crippen LogP contribution in [0.25, 0.3) is 22.2 Å². The zero-order valence-electron chi connectivity index (χ0n) is 13.2. The van der Waals surface area contributed by atoms with Gasteiger partial charge >= 0.3 is 0 Å². The lowest BCUT2D eigenvalue weighted by atomic mass is 10.00. The number of hydrogen-bond acceptors (Lipinski definition) is 4. The van der Waals surface area contributed by atoms with Gasteiger partial charge in [-0.1, -0.05) is 11.6 Å². The van der Waals surface area contributed by atoms with Gasteiger partial charge in [0.25, 0.3) is 0 Å². The van der Waals surface area contributed by atoms with E-state index in [1.54, 1.807) is 13.2 Å². The maximum atomic E-state index is 11.6. The Bertz CT molecular complexity index is 899. The molecule has 0 saturated carbocycles. The van der Waals surface area contributed by atoms with Gasteiger partial charge in [0.15, 0.2) is 0 Å². The van der Waals surface area contributed by atoms with E-state index in [-0.39, 0.29) is 5.56 Å². The number of benzene rings is 2. The second-order valence-corrected chi connectivity index (χ2v) is 5.55. The van der Waals surface area contributed by atoms with Crippen molar-refractivity contribution in [2.24, 2.45) is 0 Å². The van der Waals surface area contributed by atoms with Crippen molar-refractivity contribution in [2.75, 3.05) is 7.11 Å². The standard InChI is InChI=1S/C19H17NO3/c1-11-8-12(2)18-15(9-11)16(19(21)22)10-17(20-18)13-4-6-14(23-3)7-5-13/h4-10H,1-3H3,(H,21,22)/p-1. The van der Waals surface area contributed by atoms with Crippen LogP contribution in [0, 0.1) is 13.8 Å². The number of ether oxygens (including phenoxy) is 1. The SMILES string of the molecule is COc1ccc(-c2cc(C(=O)[O-])c3cc(C)cc(C)c3n2)cc1. The number of carbonyl (C=O) groups is 1. The van der Waals surface area contributed by atoms with Crippen LogP contribution in [-0.4, -0.2) is 18.1 Å². The Hall–Kier alpha value is -2.88. The number of pyridine rings is 1. The summed E-state index contributed by atoms with van der Waals surface area (Å²) in [5, 5.41) is 12.2. The van der Waals surface area contributed by atoms with Crippen LogP contribution in [0.2, 0.25) is 0 Å². The number of rotatable bonds is 3. The van der Waals surface area contributed by atoms with Crippen LogP contribution in [0.5, 0.6) is 5.75 Å². The molecule has 0 unspecified atom stereocenters. The first-order valence-electron chi connectivity index (χ1n) is 7.27. The van der Waals surface area contributed by atoms with Crippen LogP contribution in [0.1, 0.15) is 21.5 Å². The van der Waals surface area contributed by atoms with Crippen LogP contribution < -0.4 is 9.84 Å². The Balaban J connectivity index is 2.27. The van der Waals surface area contributed by atoms with Crippen LogP contribution in [0.15, 0.2) is 42.5 Å². The highest BCUT2D eigenvalue weighted by Crippen LogP contribution is 2.28. The number of methoxy groups -OCH3 is 1. The Morgan fingerprint density at radius 2 is 1.78 bits per heavy atom. The molecule has 0 fully saturated rings. The number of aromatic carboxylic acids is 1. The molecule has 2 aromatic carbocycles. The summed E-state index contributed by atoms with van der Waals surface area (Å²) in [4.78, 5) is 16.2. The molecule has 0 aliphatic carbocycles. The van der Waals surface area contributed by atoms with E-state index in [1.165, 1.54) is 0 Å². The zero-order valence-corrected chi connectivity index (χ0v) is 13.2. The van der Waals surface area contributed by atoms with E-state index in [0.29, 0.717) is 16.6 Å². The molecule has 3 aromatic rings. The Kier molecular flexibility index (Phi) is 3.74. The molecular weight excluding hydrogens is 290 g/mol. The quantitative estimate of drug-likeness (QED) is 0.746. The minimum atomic E-state index is -1.20. The van der Waals surface area contributed by atoms with Gasteiger partial charge < -0.3 is 14.6 Å². The van der Waals surface area contributed by atoms with Crippen molar-refractivity contribution in [3.05, 3.63) is 59.2 Å². The van der Waals surface area contributed by atoms with Gasteiger partial charge in [0.2, 0.25) is 0 Å². The highest BCUT2D eigenvalue weighted by atomic mass is 16.5. The molecule has 0 aliphatic rings. The molecule has 1 aromatic heterocycles. The molecule has 116 valence electrons. The molecule has 23 heavy (non-hydrogen) atoms. The average molecular weight is 306 g/mol. The van der Waals surface area contributed by atoms with E-state index in [4.69, 9.17) is 4.74 Å². The maximum Gasteiger partial charge on any atom is 0.118 e. The summed E-state index contributed by atoms with van der Waals surface area (Å²) in [5.74, 6) is -0.460. The largest absolute Gasteiger partial charge is 0.545 e. The number of carboxylic acid groups (broad SMARTS) is 1. The normalized spacial score (nSPS) is 10.7. The molecule has 4 nitrogen and oxygen atoms in total. The number of carbonyl (C=O) groups excluding carboxylic acids is 1. The van der Waals surface area contributed by atoms with Crippen molar-refractivity contribution in [1.29, 1.82) is 0 Å². The molecule has 0 N–H and O–H groups in total. The summed E-state index contributed by atoms with van der Waals surface area (Å²) in [6.45, 7) is 3.86. The third kappa shape index (κ3) is 2.75. The minimum Gasteiger partial charge on any atom is -0.545 e. The molecule has 0 atom stereocenters. The number of aryl methyl sites for hydroxylation is 2. The predicted octanol–water partition coefficient (Wildman–Crippen LogP) is 2.89. The first kappa shape index (κ1) is 15.0. The van der Waals surface area contributed by atoms with Crippen LogP contribution in [-0.2, 0) is 0 Å². The van der Waals surface area contributed by atoms with Crippen LogP contribution >= 0.6 is 0 Å². The summed E-state index contributed by atoms with van der Waals surface area (Å²) in [6, 6.07) is 12.7. The van der Waals surface area contributed by atoms with E-state index < -0.39 is 5.97 Å². The Morgan fingerprint density at radius 3 is 2.39 bits per heavy atom. The van der Waals surface area contributed by atoms with E-state index in [9.17, 15) is 9.90 Å². The molecule has 1 heterocycles. The Labute approximate surface area is 134 Å². The van der Waals surface area contributed by atoms with Crippen molar-refractivity contribution in [1.82, 2.24) is 4.98 Å². The summed E-state index contributed by atoms with van der Waals surface area (Å²) in [6.07, 6.45) is 0. The smallest absolute Gasteiger partial charge is 0.118 e. The molecule has 3 rings (SSSR count). The number of fused-ring (bicyclic) bond motifs is 1. The fourth-order valence-corrected chi connectivity index (χ4v) is 2.76. The topological polar surface area (TPSA) is 62.2 Å². The van der Waals surface area contributed by atoms with E-state index >= 15 is 0 Å². The first-order chi connectivity index (χ1) is 11.0. The molecule has 0 saturated heterocycles. The molecule has 0 bridgehead atoms. The van der Waals surface area contributed by atoms with Gasteiger partial charge in [0, 0.05) is 16.5 Å². The lowest BCUT2D eigenvalue weighted by Crippen LogP contribution is -2.23. The second kappa shape index (κ2) is 5.72. The number of carboxylic acids is 1. The van der Waals surface area contributed by atoms with Gasteiger partial charge in [-0.25, -0.2) is 4.98 Å². The van der Waals surface area contributed by atoms with Crippen LogP contribution in [0.4, 0.5) is 0 Å². The number of aromatic nitrogens is 1. The lowest BCUT2D eigenvalue weighted by molar-refractivity contribution is -0.254. The minimum absolute atomic E-state index is 0.160. The van der Waals surface area contributed by atoms with Gasteiger partial charge in [-0.2, -0.15) is 0 Å². The van der Waals surface area contributed by atoms with Gasteiger partial charge in [0.05, 0.1) is 24.3 Å². The summed E-state index contributed by atoms with van der Waals surface area (Å²) in [5.41, 5.74) is 4.21. The third-order valence-electron chi connectivity index (χ3n) is 3.85. The summed E-state index contributed by atoms with van der Waals surface area (Å²) < 4.78 is 5.15. The molecule has 0 radical (unpaired) electrons. The molecular formula is C19H16NO3-. The van der Waals surface area contributed by atoms with E-state index in [0.717, 1.165) is 22.4 Å². The van der Waals surface area contributed by atoms with Gasteiger partial charge in [0.1, 0.15) is 5.75 Å². The maximum absolute atomic E-state index is 11.6. The highest BCUT2D eigenvalue weighted by Gasteiger charge is 2.11. The third-order valence-corrected chi connectivity index (χ3v) is 3.85. The first-order valence-corrected chi connectivity index (χ1v) is 7.27. The Morgan fingerprint density at radius 1 is 1.09 bits per heavy atom. The van der Waals surface area contributed by atoms with Crippen molar-refractivity contribution < 1.29 is 14.6 Å². The molecule has 0 amide bonds. The molecule has 4 heteroatoms. The fraction of sp³-hybridized carbons (Fsp3) is 0.158. The predicted molar refractivity (Wildman–Crippen MR) is 87.5 cm³/mol. The van der Waals surface area contributed by atoms with Crippen molar-refractivity contribution in [2.45, 2.75) is 13.8 Å². The van der Waals surface area contributed by atoms with Gasteiger partial charge in [-0.3, -0.25) is 0 Å². The average Bonchev–Trinajstić information content (AvgIpc) is 2.54. The van der Waals surface area contributed by atoms with Crippen molar-refractivity contribution >= 4 is 16.9 Å². The van der Waals surface area contributed by atoms with E-state index in [2.05, 4.69) is 4.98 Å². The zero-order chi connectivity index (χ0) is 16.6. The number of hydrogen-bond donors (Lipinski definition) is 0. The number of nitrogens with zero attached hydrogens (tertiary/aromatic N) is 1. The van der Waals surface area contributed by atoms with Gasteiger partial charge in [-0.05, 0) is 55.8 Å². The van der Waals surface area contributed by atoms with Crippen molar-refractivity contribution in [3.63, 3.8) is 0 Å². The monoisotopic (exact) mass is 306 g/mol. The summed E-state index contributed by atoms with van der Waals surface area (Å²) in [7, 11) is 1.60. The highest BCUT2D eigenvalue weighted by molar-refractivity contribution is 6.03. The van der Waals surface area contributed by atoms with Crippen molar-refractivity contribution in [3.8, 4) is 17.0 Å². The lowest BCUT2D eigenvalue weighted by Gasteiger charge is -2.13. The van der Waals surface area contributed by atoms with Gasteiger partial charge in [-0.15, -0.1) is 0 Å². The second-order valence-electron chi connectivity index (χ2n) is 5.55.